The van der Waals surface area contributed by atoms with Crippen LogP contribution < -0.4 is 5.32 Å². The molecule has 0 aliphatic carbocycles. The Bertz CT molecular complexity index is 1090. The minimum Gasteiger partial charge on any atom is -0.463 e. The van der Waals surface area contributed by atoms with Crippen molar-refractivity contribution in [3.63, 3.8) is 0 Å². The van der Waals surface area contributed by atoms with Gasteiger partial charge in [0.15, 0.2) is 0 Å². The van der Waals surface area contributed by atoms with Crippen molar-refractivity contribution in [1.29, 1.82) is 0 Å². The molecule has 31 heavy (non-hydrogen) atoms. The third kappa shape index (κ3) is 6.26. The van der Waals surface area contributed by atoms with E-state index in [2.05, 4.69) is 26.9 Å². The average Bonchev–Trinajstić information content (AvgIpc) is 3.20. The number of carbonyl (C=O) groups is 2. The van der Waals surface area contributed by atoms with Crippen molar-refractivity contribution in [2.24, 2.45) is 0 Å². The monoisotopic (exact) mass is 437 g/mol. The molecule has 0 unspecified atom stereocenters. The molecule has 1 amide bonds. The molecular weight excluding hydrogens is 414 g/mol. The SMILES string of the molecule is CCOC(=O)/C=C/c1ccc(NC(=O)CSc2nnnn2-c2ccc(C)cc2C)cc1. The molecule has 160 valence electrons. The molecule has 8 nitrogen and oxygen atoms in total. The van der Waals surface area contributed by atoms with E-state index in [1.165, 1.54) is 17.8 Å². The molecule has 2 aromatic carbocycles. The van der Waals surface area contributed by atoms with E-state index in [0.29, 0.717) is 17.5 Å². The summed E-state index contributed by atoms with van der Waals surface area (Å²) in [5, 5.41) is 15.2. The van der Waals surface area contributed by atoms with Crippen LogP contribution in [0.2, 0.25) is 0 Å². The summed E-state index contributed by atoms with van der Waals surface area (Å²) in [5.41, 5.74) is 4.58. The van der Waals surface area contributed by atoms with Crippen molar-refractivity contribution in [2.75, 3.05) is 17.7 Å². The van der Waals surface area contributed by atoms with E-state index < -0.39 is 0 Å². The molecule has 0 saturated carbocycles. The standard InChI is InChI=1S/C22H23N5O3S/c1-4-30-21(29)12-8-17-6-9-18(10-7-17)23-20(28)14-31-22-24-25-26-27(22)19-11-5-15(2)13-16(19)3/h5-13H,4,14H2,1-3H3,(H,23,28)/b12-8+. The highest BCUT2D eigenvalue weighted by molar-refractivity contribution is 7.99. The first kappa shape index (κ1) is 22.2. The number of esters is 1. The number of tetrazole rings is 1. The number of amides is 1. The van der Waals surface area contributed by atoms with Crippen molar-refractivity contribution in [3.05, 3.63) is 65.2 Å². The van der Waals surface area contributed by atoms with Crippen LogP contribution in [0.25, 0.3) is 11.8 Å². The Labute approximate surface area is 184 Å². The maximum Gasteiger partial charge on any atom is 0.330 e. The number of hydrogen-bond acceptors (Lipinski definition) is 7. The van der Waals surface area contributed by atoms with Crippen molar-refractivity contribution >= 4 is 35.4 Å². The largest absolute Gasteiger partial charge is 0.463 e. The molecule has 0 aliphatic rings. The van der Waals surface area contributed by atoms with Crippen LogP contribution in [0.5, 0.6) is 0 Å². The van der Waals surface area contributed by atoms with Gasteiger partial charge in [0, 0.05) is 11.8 Å². The second-order valence-corrected chi connectivity index (χ2v) is 7.65. The Balaban J connectivity index is 1.57. The molecule has 1 N–H and O–H groups in total. The Morgan fingerprint density at radius 2 is 1.94 bits per heavy atom. The first-order valence-electron chi connectivity index (χ1n) is 9.70. The normalized spacial score (nSPS) is 10.9. The minimum atomic E-state index is -0.389. The third-order valence-corrected chi connectivity index (χ3v) is 5.17. The van der Waals surface area contributed by atoms with Gasteiger partial charge in [0.1, 0.15) is 0 Å². The van der Waals surface area contributed by atoms with E-state index in [1.807, 2.05) is 26.0 Å². The highest BCUT2D eigenvalue weighted by Gasteiger charge is 2.13. The maximum atomic E-state index is 12.4. The number of nitrogens with zero attached hydrogens (tertiary/aromatic N) is 4. The van der Waals surface area contributed by atoms with Crippen LogP contribution in [0.4, 0.5) is 5.69 Å². The number of benzene rings is 2. The van der Waals surface area contributed by atoms with Crippen LogP contribution in [-0.2, 0) is 14.3 Å². The molecule has 0 radical (unpaired) electrons. The molecule has 3 aromatic rings. The fourth-order valence-electron chi connectivity index (χ4n) is 2.82. The van der Waals surface area contributed by atoms with Gasteiger partial charge in [-0.2, -0.15) is 4.68 Å². The number of aromatic nitrogens is 4. The lowest BCUT2D eigenvalue weighted by Crippen LogP contribution is -2.14. The van der Waals surface area contributed by atoms with Gasteiger partial charge < -0.3 is 10.1 Å². The molecule has 0 spiro atoms. The lowest BCUT2D eigenvalue weighted by atomic mass is 10.1. The summed E-state index contributed by atoms with van der Waals surface area (Å²) in [5.74, 6) is -0.398. The predicted octanol–water partition coefficient (Wildman–Crippen LogP) is 3.59. The van der Waals surface area contributed by atoms with Crippen LogP contribution in [0.15, 0.2) is 53.7 Å². The maximum absolute atomic E-state index is 12.4. The Kier molecular flexibility index (Phi) is 7.55. The molecule has 9 heteroatoms. The highest BCUT2D eigenvalue weighted by Crippen LogP contribution is 2.21. The molecule has 0 bridgehead atoms. The van der Waals surface area contributed by atoms with Crippen molar-refractivity contribution in [2.45, 2.75) is 25.9 Å². The van der Waals surface area contributed by atoms with Crippen LogP contribution in [0.3, 0.4) is 0 Å². The van der Waals surface area contributed by atoms with Crippen LogP contribution in [0, 0.1) is 13.8 Å². The lowest BCUT2D eigenvalue weighted by Gasteiger charge is -2.08. The van der Waals surface area contributed by atoms with Gasteiger partial charge in [0.2, 0.25) is 11.1 Å². The summed E-state index contributed by atoms with van der Waals surface area (Å²) in [4.78, 5) is 23.7. The zero-order chi connectivity index (χ0) is 22.2. The summed E-state index contributed by atoms with van der Waals surface area (Å²) in [6, 6.07) is 13.2. The fourth-order valence-corrected chi connectivity index (χ4v) is 3.51. The molecule has 0 saturated heterocycles. The highest BCUT2D eigenvalue weighted by atomic mass is 32.2. The van der Waals surface area contributed by atoms with Gasteiger partial charge >= 0.3 is 5.97 Å². The van der Waals surface area contributed by atoms with E-state index in [-0.39, 0.29) is 17.6 Å². The number of aryl methyl sites for hydroxylation is 2. The lowest BCUT2D eigenvalue weighted by molar-refractivity contribution is -0.137. The van der Waals surface area contributed by atoms with Crippen molar-refractivity contribution in [3.8, 4) is 5.69 Å². The molecule has 3 rings (SSSR count). The topological polar surface area (TPSA) is 99.0 Å². The second-order valence-electron chi connectivity index (χ2n) is 6.71. The molecule has 1 aromatic heterocycles. The van der Waals surface area contributed by atoms with E-state index in [0.717, 1.165) is 22.4 Å². The fraction of sp³-hybridized carbons (Fsp3) is 0.227. The van der Waals surface area contributed by atoms with E-state index in [1.54, 1.807) is 41.9 Å². The minimum absolute atomic E-state index is 0.162. The van der Waals surface area contributed by atoms with Crippen LogP contribution in [-0.4, -0.2) is 44.4 Å². The molecule has 0 fully saturated rings. The van der Waals surface area contributed by atoms with Gasteiger partial charge in [-0.25, -0.2) is 4.79 Å². The third-order valence-electron chi connectivity index (χ3n) is 4.25. The molecule has 0 atom stereocenters. The van der Waals surface area contributed by atoms with Gasteiger partial charge in [0.05, 0.1) is 18.0 Å². The Morgan fingerprint density at radius 3 is 2.65 bits per heavy atom. The first-order chi connectivity index (χ1) is 15.0. The van der Waals surface area contributed by atoms with Crippen LogP contribution >= 0.6 is 11.8 Å². The number of hydrogen-bond donors (Lipinski definition) is 1. The van der Waals surface area contributed by atoms with E-state index >= 15 is 0 Å². The molecular formula is C22H23N5O3S. The van der Waals surface area contributed by atoms with Crippen molar-refractivity contribution < 1.29 is 14.3 Å². The van der Waals surface area contributed by atoms with Gasteiger partial charge in [0.25, 0.3) is 0 Å². The number of nitrogens with one attached hydrogen (secondary N) is 1. The zero-order valence-corrected chi connectivity index (χ0v) is 18.3. The van der Waals surface area contributed by atoms with Gasteiger partial charge in [-0.3, -0.25) is 4.79 Å². The Morgan fingerprint density at radius 1 is 1.16 bits per heavy atom. The number of anilines is 1. The van der Waals surface area contributed by atoms with E-state index in [9.17, 15) is 9.59 Å². The van der Waals surface area contributed by atoms with Gasteiger partial charge in [-0.15, -0.1) is 5.10 Å². The molecule has 1 heterocycles. The summed E-state index contributed by atoms with van der Waals surface area (Å²) >= 11 is 1.26. The van der Waals surface area contributed by atoms with E-state index in [4.69, 9.17) is 4.74 Å². The van der Waals surface area contributed by atoms with Crippen LogP contribution in [0.1, 0.15) is 23.6 Å². The Hall–Kier alpha value is -3.46. The summed E-state index contributed by atoms with van der Waals surface area (Å²) < 4.78 is 6.48. The van der Waals surface area contributed by atoms with Gasteiger partial charge in [-0.05, 0) is 66.6 Å². The summed E-state index contributed by atoms with van der Waals surface area (Å²) in [6.07, 6.45) is 3.03. The predicted molar refractivity (Wildman–Crippen MR) is 120 cm³/mol. The average molecular weight is 438 g/mol. The smallest absolute Gasteiger partial charge is 0.330 e. The number of ether oxygens (including phenoxy) is 1. The number of thioether (sulfide) groups is 1. The molecule has 0 aliphatic heterocycles. The number of rotatable bonds is 8. The zero-order valence-electron chi connectivity index (χ0n) is 17.5. The van der Waals surface area contributed by atoms with Gasteiger partial charge in [-0.1, -0.05) is 41.6 Å². The number of carbonyl (C=O) groups excluding carboxylic acids is 2. The van der Waals surface area contributed by atoms with Crippen molar-refractivity contribution in [1.82, 2.24) is 20.2 Å². The first-order valence-corrected chi connectivity index (χ1v) is 10.7. The second kappa shape index (κ2) is 10.5. The quantitative estimate of drug-likeness (QED) is 0.327. The summed E-state index contributed by atoms with van der Waals surface area (Å²) in [6.45, 7) is 6.12. The summed E-state index contributed by atoms with van der Waals surface area (Å²) in [7, 11) is 0.